The molecule has 0 fully saturated rings. The molecule has 1 aromatic heterocycles. The van der Waals surface area contributed by atoms with E-state index in [2.05, 4.69) is 10.2 Å². The van der Waals surface area contributed by atoms with Crippen molar-refractivity contribution in [3.63, 3.8) is 0 Å². The van der Waals surface area contributed by atoms with Gasteiger partial charge in [-0.3, -0.25) is 4.79 Å². The van der Waals surface area contributed by atoms with Crippen molar-refractivity contribution in [1.82, 2.24) is 10.2 Å². The van der Waals surface area contributed by atoms with E-state index >= 15 is 0 Å². The van der Waals surface area contributed by atoms with Gasteiger partial charge in [-0.05, 0) is 11.6 Å². The van der Waals surface area contributed by atoms with Crippen LogP contribution in [0.25, 0.3) is 5.57 Å². The molecule has 76 valence electrons. The Hall–Kier alpha value is -1.75. The van der Waals surface area contributed by atoms with Gasteiger partial charge in [-0.25, -0.2) is 9.31 Å². The van der Waals surface area contributed by atoms with Crippen molar-refractivity contribution in [2.75, 3.05) is 0 Å². The van der Waals surface area contributed by atoms with Gasteiger partial charge in [0.25, 0.3) is 5.56 Å². The van der Waals surface area contributed by atoms with E-state index in [-0.39, 0.29) is 5.56 Å². The largest absolute Gasteiger partial charge is 0.268 e. The number of aromatic nitrogens is 2. The molecule has 1 aliphatic carbocycles. The number of nitrogens with one attached hydrogen (secondary N) is 1. The maximum atomic E-state index is 11.0. The molecule has 1 N–H and O–H groups in total. The fourth-order valence-corrected chi connectivity index (χ4v) is 1.61. The van der Waals surface area contributed by atoms with E-state index in [0.717, 1.165) is 16.0 Å². The third kappa shape index (κ3) is 2.19. The Bertz CT molecular complexity index is 551. The fraction of sp³-hybridized carbons (Fsp3) is 0.100. The maximum absolute atomic E-state index is 11.0. The van der Waals surface area contributed by atoms with Gasteiger partial charge >= 0.3 is 0 Å². The molecule has 1 aliphatic rings. The van der Waals surface area contributed by atoms with E-state index in [1.165, 1.54) is 6.07 Å². The van der Waals surface area contributed by atoms with E-state index in [4.69, 9.17) is 0 Å². The van der Waals surface area contributed by atoms with E-state index in [0.29, 0.717) is 17.7 Å². The molecule has 0 aromatic carbocycles. The van der Waals surface area contributed by atoms with Crippen LogP contribution in [0, 0.1) is 0 Å². The molecule has 0 atom stereocenters. The summed E-state index contributed by atoms with van der Waals surface area (Å²) in [7, 11) is 0. The topological polar surface area (TPSA) is 62.8 Å². The zero-order valence-electron chi connectivity index (χ0n) is 7.77. The molecule has 4 nitrogen and oxygen atoms in total. The summed E-state index contributed by atoms with van der Waals surface area (Å²) in [5.74, 6) is 0. The first-order valence-electron chi connectivity index (χ1n) is 4.38. The summed E-state index contributed by atoms with van der Waals surface area (Å²) in [5.41, 5.74) is 1.46. The zero-order chi connectivity index (χ0) is 10.7. The quantitative estimate of drug-likeness (QED) is 0.701. The standard InChI is InChI=1S/C10H8N2O2S/c13-10-5-8(6-11-12-10)7-1-3-9(15-14)4-2-7/h1-3,5-6H,4H2,(H,12,13). The number of rotatable bonds is 1. The van der Waals surface area contributed by atoms with Crippen LogP contribution >= 0.6 is 0 Å². The van der Waals surface area contributed by atoms with Gasteiger partial charge in [0, 0.05) is 22.9 Å². The highest BCUT2D eigenvalue weighted by Crippen LogP contribution is 2.17. The van der Waals surface area contributed by atoms with Crippen LogP contribution in [-0.2, 0) is 11.3 Å². The smallest absolute Gasteiger partial charge is 0.264 e. The second kappa shape index (κ2) is 4.18. The maximum Gasteiger partial charge on any atom is 0.264 e. The number of nitrogens with zero attached hydrogens (tertiary/aromatic N) is 1. The molecule has 2 rings (SSSR count). The van der Waals surface area contributed by atoms with Crippen molar-refractivity contribution in [2.24, 2.45) is 0 Å². The first-order valence-corrected chi connectivity index (χ1v) is 5.13. The van der Waals surface area contributed by atoms with Crippen molar-refractivity contribution in [2.45, 2.75) is 6.42 Å². The van der Waals surface area contributed by atoms with Gasteiger partial charge < -0.3 is 0 Å². The first kappa shape index (κ1) is 9.79. The van der Waals surface area contributed by atoms with Crippen molar-refractivity contribution in [1.29, 1.82) is 0 Å². The van der Waals surface area contributed by atoms with Gasteiger partial charge in [0.1, 0.15) is 0 Å². The predicted octanol–water partition coefficient (Wildman–Crippen LogP) is 0.499. The number of hydrogen-bond donors (Lipinski definition) is 1. The SMILES string of the molecule is O=S=C1C=CC(c2cn[nH]c(=O)c2)=CC1. The monoisotopic (exact) mass is 220 g/mol. The average Bonchev–Trinajstić information content (AvgIpc) is 2.29. The van der Waals surface area contributed by atoms with E-state index in [1.807, 2.05) is 12.2 Å². The third-order valence-electron chi connectivity index (χ3n) is 2.08. The number of allylic oxidation sites excluding steroid dienone is 4. The molecule has 0 radical (unpaired) electrons. The zero-order valence-corrected chi connectivity index (χ0v) is 8.58. The lowest BCUT2D eigenvalue weighted by molar-refractivity contribution is 0.701. The molecule has 15 heavy (non-hydrogen) atoms. The average molecular weight is 220 g/mol. The number of hydrogen-bond acceptors (Lipinski definition) is 3. The Morgan fingerprint density at radius 2 is 2.27 bits per heavy atom. The van der Waals surface area contributed by atoms with Gasteiger partial charge in [0.2, 0.25) is 0 Å². The first-order chi connectivity index (χ1) is 7.29. The van der Waals surface area contributed by atoms with Crippen LogP contribution in [0.3, 0.4) is 0 Å². The summed E-state index contributed by atoms with van der Waals surface area (Å²) in [6.45, 7) is 0. The summed E-state index contributed by atoms with van der Waals surface area (Å²) >= 11 is 0.498. The second-order valence-corrected chi connectivity index (χ2v) is 3.77. The van der Waals surface area contributed by atoms with Crippen LogP contribution in [0.15, 0.2) is 35.3 Å². The number of aromatic amines is 1. The minimum Gasteiger partial charge on any atom is -0.268 e. The van der Waals surface area contributed by atoms with Crippen LogP contribution in [0.5, 0.6) is 0 Å². The van der Waals surface area contributed by atoms with Gasteiger partial charge in [-0.2, -0.15) is 5.10 Å². The van der Waals surface area contributed by atoms with Crippen LogP contribution in [0.4, 0.5) is 0 Å². The third-order valence-corrected chi connectivity index (χ3v) is 2.59. The van der Waals surface area contributed by atoms with E-state index in [9.17, 15) is 9.00 Å². The molecule has 0 saturated carbocycles. The summed E-state index contributed by atoms with van der Waals surface area (Å²) in [5, 5.41) is 6.03. The lowest BCUT2D eigenvalue weighted by Crippen LogP contribution is -2.07. The second-order valence-electron chi connectivity index (χ2n) is 3.08. The van der Waals surface area contributed by atoms with Crippen LogP contribution in [-0.4, -0.2) is 19.3 Å². The fourth-order valence-electron chi connectivity index (χ4n) is 1.34. The van der Waals surface area contributed by atoms with E-state index in [1.54, 1.807) is 12.3 Å². The van der Waals surface area contributed by atoms with Gasteiger partial charge in [0.15, 0.2) is 0 Å². The van der Waals surface area contributed by atoms with Crippen molar-refractivity contribution >= 4 is 21.7 Å². The Morgan fingerprint density at radius 3 is 2.87 bits per heavy atom. The molecule has 0 amide bonds. The molecule has 0 spiro atoms. The lowest BCUT2D eigenvalue weighted by Gasteiger charge is -2.05. The molecule has 5 heteroatoms. The van der Waals surface area contributed by atoms with Gasteiger partial charge in [0.05, 0.1) is 17.5 Å². The van der Waals surface area contributed by atoms with Crippen LogP contribution in [0.2, 0.25) is 0 Å². The predicted molar refractivity (Wildman–Crippen MR) is 59.7 cm³/mol. The molecule has 0 saturated heterocycles. The highest BCUT2D eigenvalue weighted by Gasteiger charge is 2.04. The highest BCUT2D eigenvalue weighted by molar-refractivity contribution is 7.66. The minimum atomic E-state index is -0.227. The molecular weight excluding hydrogens is 212 g/mol. The Kier molecular flexibility index (Phi) is 2.73. The molecule has 0 aliphatic heterocycles. The molecule has 1 heterocycles. The van der Waals surface area contributed by atoms with Gasteiger partial charge in [-0.15, -0.1) is 0 Å². The highest BCUT2D eigenvalue weighted by atomic mass is 32.1. The Morgan fingerprint density at radius 1 is 1.40 bits per heavy atom. The van der Waals surface area contributed by atoms with Crippen LogP contribution < -0.4 is 5.56 Å². The summed E-state index contributed by atoms with van der Waals surface area (Å²) in [6, 6.07) is 1.48. The van der Waals surface area contributed by atoms with Crippen molar-refractivity contribution in [3.8, 4) is 0 Å². The van der Waals surface area contributed by atoms with Crippen LogP contribution in [0.1, 0.15) is 12.0 Å². The van der Waals surface area contributed by atoms with Gasteiger partial charge in [-0.1, -0.05) is 12.2 Å². The molecule has 1 aromatic rings. The minimum absolute atomic E-state index is 0.227. The normalized spacial score (nSPS) is 14.9. The summed E-state index contributed by atoms with van der Waals surface area (Å²) < 4.78 is 10.5. The number of H-pyrrole nitrogens is 1. The lowest BCUT2D eigenvalue weighted by atomic mass is 10.0. The Labute approximate surface area is 89.4 Å². The molecule has 0 unspecified atom stereocenters. The van der Waals surface area contributed by atoms with Crippen molar-refractivity contribution in [3.05, 3.63) is 46.4 Å². The van der Waals surface area contributed by atoms with E-state index < -0.39 is 0 Å². The molecule has 0 bridgehead atoms. The molecular formula is C10H8N2O2S. The summed E-state index contributed by atoms with van der Waals surface area (Å²) in [6.07, 6.45) is 7.71. The Balaban J connectivity index is 2.36. The van der Waals surface area contributed by atoms with Crippen molar-refractivity contribution < 1.29 is 4.21 Å². The summed E-state index contributed by atoms with van der Waals surface area (Å²) in [4.78, 5) is 11.8.